The van der Waals surface area contributed by atoms with Gasteiger partial charge in [0.05, 0.1) is 30.2 Å². The first-order valence-corrected chi connectivity index (χ1v) is 7.52. The highest BCUT2D eigenvalue weighted by molar-refractivity contribution is 6.01. The van der Waals surface area contributed by atoms with Crippen LogP contribution < -0.4 is 9.47 Å². The van der Waals surface area contributed by atoms with E-state index in [9.17, 15) is 10.1 Å². The number of fused-ring (bicyclic) bond motifs is 1. The van der Waals surface area contributed by atoms with Gasteiger partial charge < -0.3 is 9.47 Å². The number of methoxy groups -OCH3 is 2. The molecule has 0 saturated heterocycles. The Hall–Kier alpha value is -3.41. The monoisotopic (exact) mass is 336 g/mol. The van der Waals surface area contributed by atoms with Gasteiger partial charge in [0.2, 0.25) is 0 Å². The second-order valence-electron chi connectivity index (χ2n) is 5.30. The lowest BCUT2D eigenvalue weighted by Crippen LogP contribution is -1.99. The second kappa shape index (κ2) is 6.60. The third kappa shape index (κ3) is 2.89. The standard InChI is InChI=1S/C19H16N2O4/c1-4-17-16-11-14(25-3)9-10-15(16)19(21(22)23)18(20-17)12-5-7-13(24-2)8-6-12/h4-11H,1H2,2-3H3. The van der Waals surface area contributed by atoms with E-state index in [2.05, 4.69) is 11.6 Å². The van der Waals surface area contributed by atoms with Crippen molar-refractivity contribution in [2.75, 3.05) is 14.2 Å². The number of ether oxygens (including phenoxy) is 2. The molecule has 0 unspecified atom stereocenters. The molecule has 0 spiro atoms. The SMILES string of the molecule is C=Cc1nc(-c2ccc(OC)cc2)c([N+](=O)[O-])c2ccc(OC)cc12. The van der Waals surface area contributed by atoms with Crippen LogP contribution in [-0.4, -0.2) is 24.1 Å². The van der Waals surface area contributed by atoms with Gasteiger partial charge in [-0.05, 0) is 48.5 Å². The minimum Gasteiger partial charge on any atom is -0.497 e. The number of nitrogens with zero attached hydrogens (tertiary/aromatic N) is 2. The Morgan fingerprint density at radius 3 is 2.24 bits per heavy atom. The molecule has 0 saturated carbocycles. The lowest BCUT2D eigenvalue weighted by atomic mass is 10.0. The van der Waals surface area contributed by atoms with Crippen LogP contribution in [0.5, 0.6) is 11.5 Å². The molecule has 6 nitrogen and oxygen atoms in total. The van der Waals surface area contributed by atoms with Crippen molar-refractivity contribution in [3.63, 3.8) is 0 Å². The molecule has 2 aromatic carbocycles. The fourth-order valence-corrected chi connectivity index (χ4v) is 2.72. The number of nitro groups is 1. The van der Waals surface area contributed by atoms with E-state index in [4.69, 9.17) is 9.47 Å². The van der Waals surface area contributed by atoms with E-state index < -0.39 is 4.92 Å². The fraction of sp³-hybridized carbons (Fsp3) is 0.105. The van der Waals surface area contributed by atoms with Crippen LogP contribution in [0.25, 0.3) is 28.1 Å². The van der Waals surface area contributed by atoms with Crippen molar-refractivity contribution in [3.05, 3.63) is 64.9 Å². The smallest absolute Gasteiger partial charge is 0.303 e. The van der Waals surface area contributed by atoms with E-state index in [1.54, 1.807) is 62.8 Å². The molecule has 0 amide bonds. The third-order valence-electron chi connectivity index (χ3n) is 3.95. The molecule has 0 aliphatic rings. The van der Waals surface area contributed by atoms with Crippen LogP contribution in [0.1, 0.15) is 5.69 Å². The Labute approximate surface area is 144 Å². The van der Waals surface area contributed by atoms with Crippen molar-refractivity contribution in [3.8, 4) is 22.8 Å². The van der Waals surface area contributed by atoms with Gasteiger partial charge >= 0.3 is 5.69 Å². The van der Waals surface area contributed by atoms with E-state index in [0.717, 1.165) is 0 Å². The summed E-state index contributed by atoms with van der Waals surface area (Å²) in [5.74, 6) is 1.27. The average Bonchev–Trinajstić information content (AvgIpc) is 2.66. The molecule has 126 valence electrons. The summed E-state index contributed by atoms with van der Waals surface area (Å²) in [6.07, 6.45) is 1.58. The van der Waals surface area contributed by atoms with Gasteiger partial charge in [-0.1, -0.05) is 6.58 Å². The summed E-state index contributed by atoms with van der Waals surface area (Å²) in [5, 5.41) is 12.9. The normalized spacial score (nSPS) is 10.5. The topological polar surface area (TPSA) is 74.5 Å². The van der Waals surface area contributed by atoms with Gasteiger partial charge in [-0.15, -0.1) is 0 Å². The molecule has 3 aromatic rings. The number of aromatic nitrogens is 1. The van der Waals surface area contributed by atoms with Gasteiger partial charge in [-0.3, -0.25) is 10.1 Å². The number of rotatable bonds is 5. The summed E-state index contributed by atoms with van der Waals surface area (Å²) in [6.45, 7) is 3.78. The van der Waals surface area contributed by atoms with Crippen molar-refractivity contribution < 1.29 is 14.4 Å². The molecule has 0 atom stereocenters. The highest BCUT2D eigenvalue weighted by Gasteiger charge is 2.23. The molecular weight excluding hydrogens is 320 g/mol. The van der Waals surface area contributed by atoms with E-state index in [1.165, 1.54) is 0 Å². The first-order chi connectivity index (χ1) is 12.1. The van der Waals surface area contributed by atoms with Crippen molar-refractivity contribution >= 4 is 22.5 Å². The second-order valence-corrected chi connectivity index (χ2v) is 5.30. The van der Waals surface area contributed by atoms with Gasteiger partial charge in [-0.25, -0.2) is 4.98 Å². The van der Waals surface area contributed by atoms with Crippen molar-refractivity contribution in [2.45, 2.75) is 0 Å². The Bertz CT molecular complexity index is 965. The molecule has 3 rings (SSSR count). The first-order valence-electron chi connectivity index (χ1n) is 7.52. The highest BCUT2D eigenvalue weighted by Crippen LogP contribution is 2.38. The molecule has 6 heteroatoms. The zero-order chi connectivity index (χ0) is 18.0. The summed E-state index contributed by atoms with van der Waals surface area (Å²) >= 11 is 0. The predicted molar refractivity (Wildman–Crippen MR) is 97.0 cm³/mol. The molecule has 0 N–H and O–H groups in total. The van der Waals surface area contributed by atoms with Crippen LogP contribution in [0, 0.1) is 10.1 Å². The van der Waals surface area contributed by atoms with Crippen molar-refractivity contribution in [2.24, 2.45) is 0 Å². The van der Waals surface area contributed by atoms with Crippen LogP contribution in [0.15, 0.2) is 49.0 Å². The van der Waals surface area contributed by atoms with Crippen molar-refractivity contribution in [1.29, 1.82) is 0 Å². The maximum absolute atomic E-state index is 11.8. The number of benzene rings is 2. The molecule has 25 heavy (non-hydrogen) atoms. The van der Waals surface area contributed by atoms with Crippen LogP contribution in [-0.2, 0) is 0 Å². The minimum atomic E-state index is -0.408. The maximum atomic E-state index is 11.8. The summed E-state index contributed by atoms with van der Waals surface area (Å²) in [5.41, 5.74) is 1.44. The van der Waals surface area contributed by atoms with Gasteiger partial charge in [0.1, 0.15) is 17.2 Å². The Balaban J connectivity index is 2.35. The number of hydrogen-bond donors (Lipinski definition) is 0. The molecule has 1 heterocycles. The fourth-order valence-electron chi connectivity index (χ4n) is 2.72. The number of hydrogen-bond acceptors (Lipinski definition) is 5. The van der Waals surface area contributed by atoms with Crippen LogP contribution in [0.3, 0.4) is 0 Å². The molecule has 0 fully saturated rings. The third-order valence-corrected chi connectivity index (χ3v) is 3.95. The minimum absolute atomic E-state index is 0.0478. The van der Waals surface area contributed by atoms with Crippen molar-refractivity contribution in [1.82, 2.24) is 4.98 Å². The molecule has 0 bridgehead atoms. The molecule has 0 aliphatic heterocycles. The summed E-state index contributed by atoms with van der Waals surface area (Å²) in [6, 6.07) is 12.1. The van der Waals surface area contributed by atoms with E-state index >= 15 is 0 Å². The zero-order valence-corrected chi connectivity index (χ0v) is 13.9. The first kappa shape index (κ1) is 16.4. The number of pyridine rings is 1. The summed E-state index contributed by atoms with van der Waals surface area (Å²) < 4.78 is 10.4. The Morgan fingerprint density at radius 2 is 1.68 bits per heavy atom. The van der Waals surface area contributed by atoms with Gasteiger partial charge in [0.25, 0.3) is 0 Å². The molecule has 0 radical (unpaired) electrons. The van der Waals surface area contributed by atoms with Crippen LogP contribution >= 0.6 is 0 Å². The van der Waals surface area contributed by atoms with Gasteiger partial charge in [-0.2, -0.15) is 0 Å². The molecule has 1 aromatic heterocycles. The van der Waals surface area contributed by atoms with E-state index in [0.29, 0.717) is 39.2 Å². The zero-order valence-electron chi connectivity index (χ0n) is 13.9. The molecular formula is C19H16N2O4. The highest BCUT2D eigenvalue weighted by atomic mass is 16.6. The van der Waals surface area contributed by atoms with Crippen LogP contribution in [0.4, 0.5) is 5.69 Å². The van der Waals surface area contributed by atoms with Gasteiger partial charge in [0, 0.05) is 10.9 Å². The summed E-state index contributed by atoms with van der Waals surface area (Å²) in [7, 11) is 3.11. The van der Waals surface area contributed by atoms with Crippen LogP contribution in [0.2, 0.25) is 0 Å². The Kier molecular flexibility index (Phi) is 4.35. The molecule has 0 aliphatic carbocycles. The van der Waals surface area contributed by atoms with E-state index in [-0.39, 0.29) is 5.69 Å². The average molecular weight is 336 g/mol. The lowest BCUT2D eigenvalue weighted by molar-refractivity contribution is -0.382. The predicted octanol–water partition coefficient (Wildman–Crippen LogP) is 4.47. The van der Waals surface area contributed by atoms with E-state index in [1.807, 2.05) is 0 Å². The van der Waals surface area contributed by atoms with Gasteiger partial charge in [0.15, 0.2) is 0 Å². The maximum Gasteiger partial charge on any atom is 0.303 e. The quantitative estimate of drug-likeness (QED) is 0.507. The summed E-state index contributed by atoms with van der Waals surface area (Å²) in [4.78, 5) is 15.8. The largest absolute Gasteiger partial charge is 0.497 e. The Morgan fingerprint density at radius 1 is 1.04 bits per heavy atom. The lowest BCUT2D eigenvalue weighted by Gasteiger charge is -2.10.